The van der Waals surface area contributed by atoms with Crippen LogP contribution in [0.1, 0.15) is 15.2 Å². The number of hydrogen-bond donors (Lipinski definition) is 1. The molecule has 3 aromatic rings. The first kappa shape index (κ1) is 26.3. The highest BCUT2D eigenvalue weighted by Crippen LogP contribution is 2.40. The number of methoxy groups -OCH3 is 1. The van der Waals surface area contributed by atoms with Crippen molar-refractivity contribution < 1.29 is 22.7 Å². The Labute approximate surface area is 219 Å². The maximum Gasteiger partial charge on any atom is 0.341 e. The molecule has 0 bridgehead atoms. The average molecular weight is 548 g/mol. The van der Waals surface area contributed by atoms with E-state index in [0.29, 0.717) is 28.7 Å². The zero-order valence-corrected chi connectivity index (χ0v) is 22.3. The first-order valence-corrected chi connectivity index (χ1v) is 13.9. The molecule has 4 rings (SSSR count). The molecule has 8 nitrogen and oxygen atoms in total. The molecule has 1 fully saturated rings. The summed E-state index contributed by atoms with van der Waals surface area (Å²) in [5.41, 5.74) is 1.94. The fourth-order valence-electron chi connectivity index (χ4n) is 4.13. The van der Waals surface area contributed by atoms with Crippen LogP contribution in [-0.2, 0) is 19.6 Å². The third kappa shape index (κ3) is 5.63. The van der Waals surface area contributed by atoms with Crippen LogP contribution in [0, 0.1) is 6.92 Å². The van der Waals surface area contributed by atoms with Crippen LogP contribution in [0.25, 0.3) is 11.1 Å². The number of nitrogens with zero attached hydrogens (tertiary/aromatic N) is 2. The van der Waals surface area contributed by atoms with Gasteiger partial charge in [-0.25, -0.2) is 13.2 Å². The molecule has 0 aliphatic carbocycles. The second-order valence-electron chi connectivity index (χ2n) is 8.28. The van der Waals surface area contributed by atoms with Crippen LogP contribution in [0.15, 0.2) is 59.5 Å². The molecule has 1 saturated heterocycles. The van der Waals surface area contributed by atoms with Crippen LogP contribution in [-0.4, -0.2) is 69.3 Å². The van der Waals surface area contributed by atoms with Crippen molar-refractivity contribution in [3.05, 3.63) is 70.1 Å². The van der Waals surface area contributed by atoms with Gasteiger partial charge in [-0.1, -0.05) is 41.9 Å². The Morgan fingerprint density at radius 2 is 1.67 bits per heavy atom. The minimum Gasteiger partial charge on any atom is -0.465 e. The lowest BCUT2D eigenvalue weighted by molar-refractivity contribution is -0.117. The van der Waals surface area contributed by atoms with Gasteiger partial charge >= 0.3 is 5.97 Å². The Hall–Kier alpha value is -2.76. The van der Waals surface area contributed by atoms with Crippen molar-refractivity contribution in [3.8, 4) is 11.1 Å². The Balaban J connectivity index is 1.42. The fraction of sp³-hybridized carbons (Fsp3) is 0.280. The van der Waals surface area contributed by atoms with Crippen molar-refractivity contribution in [3.63, 3.8) is 0 Å². The number of halogens is 1. The molecule has 11 heteroatoms. The van der Waals surface area contributed by atoms with E-state index in [1.54, 1.807) is 12.1 Å². The Morgan fingerprint density at radius 3 is 2.28 bits per heavy atom. The van der Waals surface area contributed by atoms with Crippen molar-refractivity contribution in [2.75, 3.05) is 45.2 Å². The first-order valence-electron chi connectivity index (χ1n) is 11.3. The van der Waals surface area contributed by atoms with Crippen LogP contribution < -0.4 is 5.32 Å². The lowest BCUT2D eigenvalue weighted by Crippen LogP contribution is -2.50. The standard InChI is InChI=1S/C25H26ClN3O5S2/c1-17-22(18-6-4-3-5-7-18)23(25(31)34-2)24(35-17)27-21(30)16-28-12-14-29(15-13-28)36(32,33)20-10-8-19(26)9-11-20/h3-11H,12-16H2,1-2H3,(H,27,30). The van der Waals surface area contributed by atoms with Gasteiger partial charge < -0.3 is 10.1 Å². The van der Waals surface area contributed by atoms with Crippen molar-refractivity contribution in [1.29, 1.82) is 0 Å². The van der Waals surface area contributed by atoms with Crippen LogP contribution in [0.3, 0.4) is 0 Å². The first-order chi connectivity index (χ1) is 17.2. The number of sulfonamides is 1. The third-order valence-electron chi connectivity index (χ3n) is 5.94. The van der Waals surface area contributed by atoms with E-state index in [4.69, 9.17) is 16.3 Å². The number of hydrogen-bond acceptors (Lipinski definition) is 7. The van der Waals surface area contributed by atoms with Crippen LogP contribution >= 0.6 is 22.9 Å². The van der Waals surface area contributed by atoms with E-state index < -0.39 is 16.0 Å². The molecule has 0 saturated carbocycles. The molecule has 0 spiro atoms. The SMILES string of the molecule is COC(=O)c1c(NC(=O)CN2CCN(S(=O)(=O)c3ccc(Cl)cc3)CC2)sc(C)c1-c1ccccc1. The zero-order chi connectivity index (χ0) is 25.9. The number of carbonyl (C=O) groups is 2. The summed E-state index contributed by atoms with van der Waals surface area (Å²) in [7, 11) is -2.32. The van der Waals surface area contributed by atoms with Gasteiger partial charge in [0.05, 0.1) is 18.6 Å². The minimum absolute atomic E-state index is 0.0765. The van der Waals surface area contributed by atoms with E-state index in [-0.39, 0.29) is 30.4 Å². The number of esters is 1. The van der Waals surface area contributed by atoms with E-state index in [1.807, 2.05) is 42.2 Å². The molecule has 0 atom stereocenters. The van der Waals surface area contributed by atoms with Crippen LogP contribution in [0.2, 0.25) is 5.02 Å². The van der Waals surface area contributed by atoms with Crippen LogP contribution in [0.4, 0.5) is 5.00 Å². The molecule has 2 aromatic carbocycles. The molecule has 0 radical (unpaired) electrons. The summed E-state index contributed by atoms with van der Waals surface area (Å²) < 4.78 is 32.2. The summed E-state index contributed by atoms with van der Waals surface area (Å²) in [6, 6.07) is 15.6. The highest BCUT2D eigenvalue weighted by Gasteiger charge is 2.30. The molecule has 1 aliphatic heterocycles. The zero-order valence-electron chi connectivity index (χ0n) is 19.9. The van der Waals surface area contributed by atoms with E-state index in [9.17, 15) is 18.0 Å². The second-order valence-corrected chi connectivity index (χ2v) is 11.9. The topological polar surface area (TPSA) is 96.0 Å². The number of piperazine rings is 1. The molecule has 1 aromatic heterocycles. The van der Waals surface area contributed by atoms with Crippen LogP contribution in [0.5, 0.6) is 0 Å². The number of thiophene rings is 1. The predicted molar refractivity (Wildman–Crippen MR) is 141 cm³/mol. The Morgan fingerprint density at radius 1 is 1.03 bits per heavy atom. The van der Waals surface area contributed by atoms with E-state index in [1.165, 1.54) is 34.9 Å². The van der Waals surface area contributed by atoms with E-state index in [2.05, 4.69) is 5.32 Å². The Kier molecular flexibility index (Phi) is 8.11. The monoisotopic (exact) mass is 547 g/mol. The van der Waals surface area contributed by atoms with Gasteiger partial charge in [-0.05, 0) is 36.8 Å². The predicted octanol–water partition coefficient (Wildman–Crippen LogP) is 4.11. The minimum atomic E-state index is -3.63. The maximum absolute atomic E-state index is 12.9. The maximum atomic E-state index is 12.9. The van der Waals surface area contributed by atoms with Gasteiger partial charge in [-0.2, -0.15) is 4.31 Å². The highest BCUT2D eigenvalue weighted by molar-refractivity contribution is 7.89. The van der Waals surface area contributed by atoms with Gasteiger partial charge in [-0.3, -0.25) is 9.69 Å². The molecule has 1 N–H and O–H groups in total. The number of ether oxygens (including phenoxy) is 1. The Bertz CT molecular complexity index is 1350. The molecule has 1 amide bonds. The number of aryl methyl sites for hydroxylation is 1. The summed E-state index contributed by atoms with van der Waals surface area (Å²) in [6.07, 6.45) is 0. The van der Waals surface area contributed by atoms with Crippen molar-refractivity contribution in [1.82, 2.24) is 9.21 Å². The van der Waals surface area contributed by atoms with Gasteiger partial charge in [0.2, 0.25) is 15.9 Å². The number of rotatable bonds is 7. The second kappa shape index (κ2) is 11.1. The number of nitrogens with one attached hydrogen (secondary N) is 1. The molecule has 0 unspecified atom stereocenters. The number of benzene rings is 2. The number of carbonyl (C=O) groups excluding carboxylic acids is 2. The third-order valence-corrected chi connectivity index (χ3v) is 9.12. The molecular weight excluding hydrogens is 522 g/mol. The quantitative estimate of drug-likeness (QED) is 0.447. The average Bonchev–Trinajstić information content (AvgIpc) is 3.19. The van der Waals surface area contributed by atoms with E-state index >= 15 is 0 Å². The summed E-state index contributed by atoms with van der Waals surface area (Å²) in [5.74, 6) is -0.801. The molecule has 1 aliphatic rings. The summed E-state index contributed by atoms with van der Waals surface area (Å²) in [5, 5.41) is 3.78. The van der Waals surface area contributed by atoms with E-state index in [0.717, 1.165) is 16.0 Å². The van der Waals surface area contributed by atoms with Gasteiger partial charge in [0.15, 0.2) is 0 Å². The molecule has 190 valence electrons. The molecule has 36 heavy (non-hydrogen) atoms. The van der Waals surface area contributed by atoms with Gasteiger partial charge in [-0.15, -0.1) is 11.3 Å². The smallest absolute Gasteiger partial charge is 0.341 e. The largest absolute Gasteiger partial charge is 0.465 e. The van der Waals surface area contributed by atoms with Gasteiger partial charge in [0.25, 0.3) is 0 Å². The lowest BCUT2D eigenvalue weighted by Gasteiger charge is -2.33. The van der Waals surface area contributed by atoms with Crippen molar-refractivity contribution in [2.45, 2.75) is 11.8 Å². The summed E-state index contributed by atoms with van der Waals surface area (Å²) in [6.45, 7) is 3.32. The number of anilines is 1. The van der Waals surface area contributed by atoms with Crippen molar-refractivity contribution >= 4 is 49.8 Å². The fourth-order valence-corrected chi connectivity index (χ4v) is 6.76. The molecule has 2 heterocycles. The normalized spacial score (nSPS) is 15.0. The lowest BCUT2D eigenvalue weighted by atomic mass is 10.0. The summed E-state index contributed by atoms with van der Waals surface area (Å²) in [4.78, 5) is 28.5. The highest BCUT2D eigenvalue weighted by atomic mass is 35.5. The van der Waals surface area contributed by atoms with Gasteiger partial charge in [0, 0.05) is 41.6 Å². The summed E-state index contributed by atoms with van der Waals surface area (Å²) >= 11 is 7.20. The molecular formula is C25H26ClN3O5S2. The van der Waals surface area contributed by atoms with Gasteiger partial charge in [0.1, 0.15) is 10.6 Å². The van der Waals surface area contributed by atoms with Crippen molar-refractivity contribution in [2.24, 2.45) is 0 Å². The number of amides is 1.